The lowest BCUT2D eigenvalue weighted by molar-refractivity contribution is 0.126. The summed E-state index contributed by atoms with van der Waals surface area (Å²) in [6.45, 7) is 9.71. The van der Waals surface area contributed by atoms with Crippen LogP contribution >= 0.6 is 0 Å². The van der Waals surface area contributed by atoms with Crippen molar-refractivity contribution in [3.05, 3.63) is 35.4 Å². The van der Waals surface area contributed by atoms with Crippen LogP contribution in [0.1, 0.15) is 76.5 Å². The number of hydrogen-bond acceptors (Lipinski definition) is 2. The van der Waals surface area contributed by atoms with E-state index in [1.54, 1.807) is 0 Å². The van der Waals surface area contributed by atoms with E-state index in [1.165, 1.54) is 24.8 Å². The third-order valence-electron chi connectivity index (χ3n) is 3.95. The molecule has 0 bridgehead atoms. The Bertz CT molecular complexity index is 358. The van der Waals surface area contributed by atoms with Crippen molar-refractivity contribution >= 4 is 0 Å². The molecule has 2 atom stereocenters. The molecule has 0 amide bonds. The molecule has 0 aromatic heterocycles. The van der Waals surface area contributed by atoms with Gasteiger partial charge in [-0.2, -0.15) is 0 Å². The van der Waals surface area contributed by atoms with Crippen LogP contribution in [0.4, 0.5) is 0 Å². The normalized spacial score (nSPS) is 14.5. The maximum atomic E-state index is 10.5. The summed E-state index contributed by atoms with van der Waals surface area (Å²) >= 11 is 0. The Morgan fingerprint density at radius 1 is 1.00 bits per heavy atom. The van der Waals surface area contributed by atoms with Crippen LogP contribution in [0, 0.1) is 0 Å². The fourth-order valence-corrected chi connectivity index (χ4v) is 2.45. The minimum absolute atomic E-state index is 0.150. The molecule has 1 aromatic carbocycles. The Morgan fingerprint density at radius 2 is 1.60 bits per heavy atom. The quantitative estimate of drug-likeness (QED) is 0.656. The van der Waals surface area contributed by atoms with E-state index in [-0.39, 0.29) is 6.04 Å². The van der Waals surface area contributed by atoms with Crippen molar-refractivity contribution < 1.29 is 5.11 Å². The molecule has 20 heavy (non-hydrogen) atoms. The van der Waals surface area contributed by atoms with Gasteiger partial charge >= 0.3 is 0 Å². The molecule has 0 saturated heterocycles. The van der Waals surface area contributed by atoms with Crippen LogP contribution in [0.3, 0.4) is 0 Å². The van der Waals surface area contributed by atoms with Gasteiger partial charge in [-0.05, 0) is 36.4 Å². The van der Waals surface area contributed by atoms with Gasteiger partial charge in [-0.3, -0.25) is 0 Å². The van der Waals surface area contributed by atoms with Gasteiger partial charge in [0.1, 0.15) is 0 Å². The molecule has 0 aliphatic carbocycles. The summed E-state index contributed by atoms with van der Waals surface area (Å²) in [6, 6.07) is 8.55. The van der Waals surface area contributed by atoms with Crippen LogP contribution < -0.4 is 5.32 Å². The zero-order valence-corrected chi connectivity index (χ0v) is 13.5. The Morgan fingerprint density at radius 3 is 2.10 bits per heavy atom. The molecule has 1 rings (SSSR count). The summed E-state index contributed by atoms with van der Waals surface area (Å²) in [4.78, 5) is 0. The van der Waals surface area contributed by atoms with Gasteiger partial charge in [0.05, 0.1) is 6.10 Å². The average molecular weight is 277 g/mol. The summed E-state index contributed by atoms with van der Waals surface area (Å²) in [5.74, 6) is 0.537. The zero-order chi connectivity index (χ0) is 15.0. The number of rotatable bonds is 9. The molecular formula is C18H31NO. The molecule has 2 heteroatoms. The van der Waals surface area contributed by atoms with Crippen LogP contribution in [-0.2, 0) is 0 Å². The second-order valence-corrected chi connectivity index (χ2v) is 5.94. The van der Waals surface area contributed by atoms with E-state index in [2.05, 4.69) is 57.3 Å². The van der Waals surface area contributed by atoms with Crippen molar-refractivity contribution in [3.8, 4) is 0 Å². The van der Waals surface area contributed by atoms with Gasteiger partial charge in [-0.1, -0.05) is 64.8 Å². The van der Waals surface area contributed by atoms with E-state index < -0.39 is 6.10 Å². The highest BCUT2D eigenvalue weighted by atomic mass is 16.3. The lowest BCUT2D eigenvalue weighted by atomic mass is 9.96. The highest BCUT2D eigenvalue weighted by molar-refractivity contribution is 5.26. The van der Waals surface area contributed by atoms with E-state index in [9.17, 15) is 5.11 Å². The molecule has 0 aliphatic rings. The Hall–Kier alpha value is -0.860. The first-order valence-electron chi connectivity index (χ1n) is 8.11. The molecule has 0 spiro atoms. The zero-order valence-electron chi connectivity index (χ0n) is 13.5. The van der Waals surface area contributed by atoms with Crippen LogP contribution in [0.2, 0.25) is 0 Å². The van der Waals surface area contributed by atoms with Crippen molar-refractivity contribution in [2.75, 3.05) is 6.54 Å². The molecule has 2 N–H and O–H groups in total. The summed E-state index contributed by atoms with van der Waals surface area (Å²) in [5.41, 5.74) is 2.34. The fraction of sp³-hybridized carbons (Fsp3) is 0.667. The first-order chi connectivity index (χ1) is 9.60. The minimum atomic E-state index is -0.414. The molecule has 2 nitrogen and oxygen atoms in total. The van der Waals surface area contributed by atoms with Crippen LogP contribution in [0.5, 0.6) is 0 Å². The van der Waals surface area contributed by atoms with Gasteiger partial charge in [-0.15, -0.1) is 0 Å². The van der Waals surface area contributed by atoms with E-state index in [0.717, 1.165) is 18.5 Å². The van der Waals surface area contributed by atoms with E-state index >= 15 is 0 Å². The second kappa shape index (κ2) is 9.15. The fourth-order valence-electron chi connectivity index (χ4n) is 2.45. The number of aliphatic hydroxyl groups is 1. The molecule has 114 valence electrons. The summed E-state index contributed by atoms with van der Waals surface area (Å²) in [7, 11) is 0. The second-order valence-electron chi connectivity index (χ2n) is 5.94. The van der Waals surface area contributed by atoms with E-state index in [4.69, 9.17) is 0 Å². The smallest absolute Gasteiger partial charge is 0.0942 e. The maximum absolute atomic E-state index is 10.5. The lowest BCUT2D eigenvalue weighted by Crippen LogP contribution is -2.35. The summed E-state index contributed by atoms with van der Waals surface area (Å²) in [5, 5.41) is 14.0. The molecule has 0 heterocycles. The SMILES string of the molecule is CCCCCNC(CC)C(O)c1ccc(C(C)C)cc1. The van der Waals surface area contributed by atoms with Crippen LogP contribution in [-0.4, -0.2) is 17.7 Å². The molecule has 0 saturated carbocycles. The van der Waals surface area contributed by atoms with Gasteiger partial charge in [0, 0.05) is 6.04 Å². The van der Waals surface area contributed by atoms with Crippen LogP contribution in [0.25, 0.3) is 0 Å². The highest BCUT2D eigenvalue weighted by Gasteiger charge is 2.18. The number of hydrogen-bond donors (Lipinski definition) is 2. The van der Waals surface area contributed by atoms with Gasteiger partial charge < -0.3 is 10.4 Å². The van der Waals surface area contributed by atoms with Crippen molar-refractivity contribution in [1.29, 1.82) is 0 Å². The largest absolute Gasteiger partial charge is 0.387 e. The molecular weight excluding hydrogens is 246 g/mol. The summed E-state index contributed by atoms with van der Waals surface area (Å²) in [6.07, 6.45) is 4.20. The third kappa shape index (κ3) is 5.26. The molecule has 1 aromatic rings. The van der Waals surface area contributed by atoms with Crippen molar-refractivity contribution in [1.82, 2.24) is 5.32 Å². The number of unbranched alkanes of at least 4 members (excludes halogenated alkanes) is 2. The number of benzene rings is 1. The molecule has 0 fully saturated rings. The lowest BCUT2D eigenvalue weighted by Gasteiger charge is -2.23. The van der Waals surface area contributed by atoms with Gasteiger partial charge in [0.25, 0.3) is 0 Å². The van der Waals surface area contributed by atoms with Gasteiger partial charge in [0.2, 0.25) is 0 Å². The Kier molecular flexibility index (Phi) is 7.86. The van der Waals surface area contributed by atoms with E-state index in [0.29, 0.717) is 5.92 Å². The van der Waals surface area contributed by atoms with Crippen molar-refractivity contribution in [3.63, 3.8) is 0 Å². The molecule has 0 radical (unpaired) electrons. The standard InChI is InChI=1S/C18H31NO/c1-5-7-8-13-19-17(6-2)18(20)16-11-9-15(10-12-16)14(3)4/h9-12,14,17-20H,5-8,13H2,1-4H3. The molecule has 2 unspecified atom stereocenters. The first-order valence-corrected chi connectivity index (χ1v) is 8.11. The Labute approximate surface area is 124 Å². The van der Waals surface area contributed by atoms with Gasteiger partial charge in [0.15, 0.2) is 0 Å². The van der Waals surface area contributed by atoms with Crippen molar-refractivity contribution in [2.45, 2.75) is 71.4 Å². The predicted octanol–water partition coefficient (Wildman–Crippen LogP) is 4.40. The van der Waals surface area contributed by atoms with Crippen LogP contribution in [0.15, 0.2) is 24.3 Å². The number of aliphatic hydroxyl groups excluding tert-OH is 1. The first kappa shape index (κ1) is 17.2. The van der Waals surface area contributed by atoms with Gasteiger partial charge in [-0.25, -0.2) is 0 Å². The predicted molar refractivity (Wildman–Crippen MR) is 87.1 cm³/mol. The molecule has 0 aliphatic heterocycles. The summed E-state index contributed by atoms with van der Waals surface area (Å²) < 4.78 is 0. The monoisotopic (exact) mass is 277 g/mol. The maximum Gasteiger partial charge on any atom is 0.0942 e. The van der Waals surface area contributed by atoms with E-state index in [1.807, 2.05) is 0 Å². The third-order valence-corrected chi connectivity index (χ3v) is 3.95. The highest BCUT2D eigenvalue weighted by Crippen LogP contribution is 2.22. The van der Waals surface area contributed by atoms with Crippen molar-refractivity contribution in [2.24, 2.45) is 0 Å². The number of nitrogens with one attached hydrogen (secondary N) is 1. The average Bonchev–Trinajstić information content (AvgIpc) is 2.47. The minimum Gasteiger partial charge on any atom is -0.387 e. The Balaban J connectivity index is 2.58. The topological polar surface area (TPSA) is 32.3 Å².